The van der Waals surface area contributed by atoms with Gasteiger partial charge in [-0.2, -0.15) is 5.10 Å². The number of nitrogens with zero attached hydrogens (tertiary/aromatic N) is 3. The largest absolute Gasteiger partial charge is 0.296 e. The molecule has 2 aromatic heterocycles. The van der Waals surface area contributed by atoms with E-state index in [4.69, 9.17) is 12.2 Å². The van der Waals surface area contributed by atoms with Crippen molar-refractivity contribution >= 4 is 12.2 Å². The average molecular weight is 294 g/mol. The zero-order valence-corrected chi connectivity index (χ0v) is 12.1. The maximum atomic E-state index is 5.42. The molecule has 1 fully saturated rings. The molecule has 1 aliphatic carbocycles. The van der Waals surface area contributed by atoms with Crippen LogP contribution < -0.4 is 0 Å². The lowest BCUT2D eigenvalue weighted by Crippen LogP contribution is -1.99. The van der Waals surface area contributed by atoms with Crippen molar-refractivity contribution in [1.29, 1.82) is 0 Å². The van der Waals surface area contributed by atoms with Crippen molar-refractivity contribution in [2.75, 3.05) is 0 Å². The number of nitrogens with one attached hydrogen (secondary N) is 1. The molecule has 3 aromatic rings. The van der Waals surface area contributed by atoms with E-state index in [2.05, 4.69) is 44.0 Å². The molecule has 0 radical (unpaired) electrons. The summed E-state index contributed by atoms with van der Waals surface area (Å²) in [5.41, 5.74) is 2.40. The molecule has 0 amide bonds. The van der Waals surface area contributed by atoms with Crippen LogP contribution in [-0.2, 0) is 0 Å². The second-order valence-electron chi connectivity index (χ2n) is 5.28. The van der Waals surface area contributed by atoms with Crippen LogP contribution in [0.1, 0.15) is 23.9 Å². The summed E-state index contributed by atoms with van der Waals surface area (Å²) in [6, 6.07) is 14.9. The zero-order chi connectivity index (χ0) is 14.2. The molecule has 1 aromatic carbocycles. The van der Waals surface area contributed by atoms with Crippen LogP contribution in [0.25, 0.3) is 11.4 Å². The molecule has 21 heavy (non-hydrogen) atoms. The first kappa shape index (κ1) is 12.5. The second-order valence-corrected chi connectivity index (χ2v) is 5.67. The number of rotatable bonds is 3. The van der Waals surface area contributed by atoms with Crippen LogP contribution in [0, 0.1) is 4.77 Å². The van der Waals surface area contributed by atoms with Gasteiger partial charge in [-0.25, -0.2) is 0 Å². The quantitative estimate of drug-likeness (QED) is 0.749. The van der Waals surface area contributed by atoms with E-state index >= 15 is 0 Å². The fourth-order valence-corrected chi connectivity index (χ4v) is 3.11. The first-order chi connectivity index (χ1) is 10.3. The number of aromatic amines is 1. The number of aromatic nitrogens is 4. The maximum Gasteiger partial charge on any atom is 0.195 e. The van der Waals surface area contributed by atoms with Gasteiger partial charge in [-0.1, -0.05) is 30.3 Å². The monoisotopic (exact) mass is 294 g/mol. The van der Waals surface area contributed by atoms with Crippen molar-refractivity contribution in [3.8, 4) is 11.4 Å². The Morgan fingerprint density at radius 1 is 1.10 bits per heavy atom. The molecule has 2 heterocycles. The predicted octanol–water partition coefficient (Wildman–Crippen LogP) is 3.73. The standard InChI is InChI=1S/C16H14N4S/c21-16-19-18-15(12-6-8-17-9-7-12)20(16)14-10-13(14)11-4-2-1-3-5-11/h1-9,13-14H,10H2,(H,19,21). The van der Waals surface area contributed by atoms with E-state index in [-0.39, 0.29) is 0 Å². The number of pyridine rings is 1. The Morgan fingerprint density at radius 2 is 1.86 bits per heavy atom. The van der Waals surface area contributed by atoms with Gasteiger partial charge in [0.1, 0.15) is 0 Å². The third-order valence-corrected chi connectivity index (χ3v) is 4.25. The second kappa shape index (κ2) is 4.93. The zero-order valence-electron chi connectivity index (χ0n) is 11.3. The third-order valence-electron chi connectivity index (χ3n) is 3.96. The number of hydrogen-bond acceptors (Lipinski definition) is 3. The fraction of sp³-hybridized carbons (Fsp3) is 0.188. The molecule has 2 atom stereocenters. The van der Waals surface area contributed by atoms with Crippen molar-refractivity contribution in [1.82, 2.24) is 19.7 Å². The highest BCUT2D eigenvalue weighted by Gasteiger charge is 2.41. The lowest BCUT2D eigenvalue weighted by atomic mass is 10.1. The minimum Gasteiger partial charge on any atom is -0.296 e. The normalized spacial score (nSPS) is 20.4. The molecule has 5 heteroatoms. The van der Waals surface area contributed by atoms with E-state index in [1.807, 2.05) is 18.2 Å². The van der Waals surface area contributed by atoms with Crippen molar-refractivity contribution < 1.29 is 0 Å². The summed E-state index contributed by atoms with van der Waals surface area (Å²) < 4.78 is 2.83. The van der Waals surface area contributed by atoms with Crippen LogP contribution in [-0.4, -0.2) is 19.7 Å². The summed E-state index contributed by atoms with van der Waals surface area (Å²) >= 11 is 5.42. The Kier molecular flexibility index (Phi) is 2.93. The minimum absolute atomic E-state index is 0.391. The van der Waals surface area contributed by atoms with Crippen molar-refractivity contribution in [3.63, 3.8) is 0 Å². The van der Waals surface area contributed by atoms with Gasteiger partial charge in [-0.05, 0) is 36.3 Å². The Hall–Kier alpha value is -2.27. The lowest BCUT2D eigenvalue weighted by molar-refractivity contribution is 0.711. The van der Waals surface area contributed by atoms with Gasteiger partial charge in [-0.15, -0.1) is 0 Å². The summed E-state index contributed by atoms with van der Waals surface area (Å²) in [6.45, 7) is 0. The van der Waals surface area contributed by atoms with Gasteiger partial charge < -0.3 is 0 Å². The highest BCUT2D eigenvalue weighted by Crippen LogP contribution is 2.52. The summed E-state index contributed by atoms with van der Waals surface area (Å²) in [6.07, 6.45) is 4.66. The molecular formula is C16H14N4S. The van der Waals surface area contributed by atoms with Gasteiger partial charge in [0.15, 0.2) is 10.6 Å². The van der Waals surface area contributed by atoms with Crippen LogP contribution >= 0.6 is 12.2 Å². The summed E-state index contributed by atoms with van der Waals surface area (Å²) in [7, 11) is 0. The Bertz CT molecular complexity index is 807. The average Bonchev–Trinajstić information content (AvgIpc) is 3.24. The predicted molar refractivity (Wildman–Crippen MR) is 83.5 cm³/mol. The lowest BCUT2D eigenvalue weighted by Gasteiger charge is -2.06. The molecule has 1 saturated carbocycles. The molecule has 0 bridgehead atoms. The Balaban J connectivity index is 1.72. The van der Waals surface area contributed by atoms with Gasteiger partial charge in [0, 0.05) is 29.9 Å². The molecule has 2 unspecified atom stereocenters. The third kappa shape index (κ3) is 2.19. The topological polar surface area (TPSA) is 46.5 Å². The molecule has 1 N–H and O–H groups in total. The first-order valence-corrected chi connectivity index (χ1v) is 7.37. The van der Waals surface area contributed by atoms with Gasteiger partial charge in [0.25, 0.3) is 0 Å². The van der Waals surface area contributed by atoms with Crippen LogP contribution in [0.4, 0.5) is 0 Å². The molecule has 4 nitrogen and oxygen atoms in total. The minimum atomic E-state index is 0.391. The summed E-state index contributed by atoms with van der Waals surface area (Å²) in [5, 5.41) is 7.32. The van der Waals surface area contributed by atoms with Gasteiger partial charge in [0.05, 0.1) is 0 Å². The number of hydrogen-bond donors (Lipinski definition) is 1. The molecule has 0 spiro atoms. The smallest absolute Gasteiger partial charge is 0.195 e. The maximum absolute atomic E-state index is 5.42. The van der Waals surface area contributed by atoms with Crippen molar-refractivity contribution in [2.45, 2.75) is 18.4 Å². The first-order valence-electron chi connectivity index (χ1n) is 6.97. The van der Waals surface area contributed by atoms with Crippen molar-refractivity contribution in [3.05, 3.63) is 65.2 Å². The van der Waals surface area contributed by atoms with Gasteiger partial charge >= 0.3 is 0 Å². The molecular weight excluding hydrogens is 280 g/mol. The van der Waals surface area contributed by atoms with Crippen LogP contribution in [0.2, 0.25) is 0 Å². The van der Waals surface area contributed by atoms with Gasteiger partial charge in [0.2, 0.25) is 0 Å². The Morgan fingerprint density at radius 3 is 2.62 bits per heavy atom. The molecule has 4 rings (SSSR count). The van der Waals surface area contributed by atoms with E-state index in [0.717, 1.165) is 17.8 Å². The van der Waals surface area contributed by atoms with E-state index in [1.165, 1.54) is 5.56 Å². The van der Waals surface area contributed by atoms with E-state index < -0.39 is 0 Å². The Labute approximate surface area is 127 Å². The molecule has 0 aliphatic heterocycles. The van der Waals surface area contributed by atoms with Crippen LogP contribution in [0.5, 0.6) is 0 Å². The number of benzene rings is 1. The molecule has 1 aliphatic rings. The van der Waals surface area contributed by atoms with E-state index in [0.29, 0.717) is 16.7 Å². The molecule has 104 valence electrons. The van der Waals surface area contributed by atoms with Crippen LogP contribution in [0.3, 0.4) is 0 Å². The van der Waals surface area contributed by atoms with E-state index in [1.54, 1.807) is 12.4 Å². The van der Waals surface area contributed by atoms with Crippen LogP contribution in [0.15, 0.2) is 54.9 Å². The summed E-state index contributed by atoms with van der Waals surface area (Å²) in [5.74, 6) is 1.42. The summed E-state index contributed by atoms with van der Waals surface area (Å²) in [4.78, 5) is 4.06. The van der Waals surface area contributed by atoms with Crippen molar-refractivity contribution in [2.24, 2.45) is 0 Å². The molecule has 0 saturated heterocycles. The SMILES string of the molecule is S=c1[nH]nc(-c2ccncc2)n1C1CC1c1ccccc1. The number of H-pyrrole nitrogens is 1. The highest BCUT2D eigenvalue weighted by atomic mass is 32.1. The van der Waals surface area contributed by atoms with E-state index in [9.17, 15) is 0 Å². The fourth-order valence-electron chi connectivity index (χ4n) is 2.84. The van der Waals surface area contributed by atoms with Gasteiger partial charge in [-0.3, -0.25) is 14.6 Å². The highest BCUT2D eigenvalue weighted by molar-refractivity contribution is 7.71.